The van der Waals surface area contributed by atoms with Crippen LogP contribution in [0.1, 0.15) is 58.2 Å². The molecule has 35 heavy (non-hydrogen) atoms. The summed E-state index contributed by atoms with van der Waals surface area (Å²) >= 11 is 9.00. The van der Waals surface area contributed by atoms with Gasteiger partial charge >= 0.3 is 5.97 Å². The molecule has 6 nitrogen and oxygen atoms in total. The summed E-state index contributed by atoms with van der Waals surface area (Å²) < 4.78 is 11.5. The average molecular weight is 566 g/mol. The molecular formula is C27H37BrN2O4S. The number of nitrogens with one attached hydrogen (secondary N) is 2. The molecular weight excluding hydrogens is 528 g/mol. The maximum absolute atomic E-state index is 12.4. The first-order valence-corrected chi connectivity index (χ1v) is 12.8. The summed E-state index contributed by atoms with van der Waals surface area (Å²) in [5.74, 6) is 0.183. The van der Waals surface area contributed by atoms with Crippen LogP contribution in [0.3, 0.4) is 0 Å². The number of carbonyl (C=O) groups is 1. The van der Waals surface area contributed by atoms with Crippen molar-refractivity contribution in [3.63, 3.8) is 0 Å². The third-order valence-electron chi connectivity index (χ3n) is 5.45. The Kier molecular flexibility index (Phi) is 9.98. The molecule has 3 N–H and O–H groups in total. The van der Waals surface area contributed by atoms with E-state index in [4.69, 9.17) is 21.7 Å². The lowest BCUT2D eigenvalue weighted by Crippen LogP contribution is -2.45. The number of benzene rings is 2. The Morgan fingerprint density at radius 3 is 2.29 bits per heavy atom. The molecule has 0 aromatic heterocycles. The van der Waals surface area contributed by atoms with Crippen molar-refractivity contribution in [1.29, 1.82) is 0 Å². The van der Waals surface area contributed by atoms with Crippen LogP contribution in [0.2, 0.25) is 0 Å². The van der Waals surface area contributed by atoms with Crippen LogP contribution in [0, 0.1) is 5.41 Å². The van der Waals surface area contributed by atoms with Crippen molar-refractivity contribution >= 4 is 39.2 Å². The van der Waals surface area contributed by atoms with Crippen molar-refractivity contribution in [3.8, 4) is 11.5 Å². The van der Waals surface area contributed by atoms with Crippen molar-refractivity contribution in [2.45, 2.75) is 66.0 Å². The minimum atomic E-state index is -0.581. The predicted octanol–water partition coefficient (Wildman–Crippen LogP) is 5.63. The highest BCUT2D eigenvalue weighted by atomic mass is 79.9. The van der Waals surface area contributed by atoms with Crippen LogP contribution < -0.4 is 15.4 Å². The predicted molar refractivity (Wildman–Crippen MR) is 148 cm³/mol. The van der Waals surface area contributed by atoms with Gasteiger partial charge < -0.3 is 25.2 Å². The lowest BCUT2D eigenvalue weighted by atomic mass is 9.86. The van der Waals surface area contributed by atoms with Gasteiger partial charge in [-0.05, 0) is 73.6 Å². The molecule has 0 aliphatic rings. The molecule has 0 aliphatic carbocycles. The molecule has 0 heterocycles. The normalized spacial score (nSPS) is 12.6. The number of methoxy groups -OCH3 is 1. The third kappa shape index (κ3) is 9.00. The maximum Gasteiger partial charge on any atom is 0.311 e. The van der Waals surface area contributed by atoms with Gasteiger partial charge in [0, 0.05) is 11.0 Å². The van der Waals surface area contributed by atoms with Gasteiger partial charge in [0.05, 0.1) is 18.6 Å². The van der Waals surface area contributed by atoms with Crippen molar-refractivity contribution in [2.75, 3.05) is 13.7 Å². The number of hydrogen-bond acceptors (Lipinski definition) is 5. The monoisotopic (exact) mass is 564 g/mol. The van der Waals surface area contributed by atoms with Crippen molar-refractivity contribution in [2.24, 2.45) is 5.41 Å². The number of halogens is 1. The molecule has 1 atom stereocenters. The molecule has 0 bridgehead atoms. The Balaban J connectivity index is 2.09. The summed E-state index contributed by atoms with van der Waals surface area (Å²) in [5.41, 5.74) is 2.75. The maximum atomic E-state index is 12.4. The van der Waals surface area contributed by atoms with Crippen molar-refractivity contribution in [3.05, 3.63) is 57.6 Å². The van der Waals surface area contributed by atoms with Crippen LogP contribution in [0.15, 0.2) is 40.9 Å². The molecule has 1 unspecified atom stereocenters. The minimum absolute atomic E-state index is 0.0574. The molecule has 0 radical (unpaired) electrons. The summed E-state index contributed by atoms with van der Waals surface area (Å²) in [6.45, 7) is 12.7. The Bertz CT molecular complexity index is 1030. The molecule has 0 spiro atoms. The molecule has 8 heteroatoms. The van der Waals surface area contributed by atoms with E-state index >= 15 is 0 Å². The van der Waals surface area contributed by atoms with Crippen LogP contribution in [0.25, 0.3) is 0 Å². The highest BCUT2D eigenvalue weighted by Gasteiger charge is 2.25. The van der Waals surface area contributed by atoms with Gasteiger partial charge in [0.25, 0.3) is 0 Å². The van der Waals surface area contributed by atoms with Gasteiger partial charge in [-0.25, -0.2) is 0 Å². The first-order valence-electron chi connectivity index (χ1n) is 11.6. The molecule has 2 aromatic carbocycles. The van der Waals surface area contributed by atoms with Crippen LogP contribution in [0.4, 0.5) is 0 Å². The molecule has 2 rings (SSSR count). The Morgan fingerprint density at radius 2 is 1.74 bits per heavy atom. The average Bonchev–Trinajstić information content (AvgIpc) is 2.75. The number of aromatic hydroxyl groups is 1. The molecule has 0 amide bonds. The Labute approximate surface area is 222 Å². The Hall–Kier alpha value is -2.32. The number of phenolic OH excluding ortho intramolecular Hbond substituents is 1. The van der Waals surface area contributed by atoms with Crippen LogP contribution in [0.5, 0.6) is 11.5 Å². The summed E-state index contributed by atoms with van der Waals surface area (Å²) in [4.78, 5) is 12.4. The lowest BCUT2D eigenvalue weighted by molar-refractivity contribution is -0.153. The largest absolute Gasteiger partial charge is 0.504 e. The third-order valence-corrected chi connectivity index (χ3v) is 6.45. The molecule has 2 aromatic rings. The van der Waals surface area contributed by atoms with E-state index in [1.54, 1.807) is 12.1 Å². The fourth-order valence-corrected chi connectivity index (χ4v) is 3.98. The van der Waals surface area contributed by atoms with E-state index in [0.29, 0.717) is 23.8 Å². The van der Waals surface area contributed by atoms with E-state index in [0.717, 1.165) is 15.6 Å². The van der Waals surface area contributed by atoms with Crippen LogP contribution >= 0.6 is 28.1 Å². The second-order valence-corrected chi connectivity index (χ2v) is 11.9. The number of hydrogen-bond donors (Lipinski definition) is 3. The van der Waals surface area contributed by atoms with E-state index in [-0.39, 0.29) is 29.8 Å². The number of rotatable bonds is 8. The quantitative estimate of drug-likeness (QED) is 0.283. The van der Waals surface area contributed by atoms with Crippen LogP contribution in [-0.4, -0.2) is 35.9 Å². The number of carbonyl (C=O) groups excluding carboxylic acids is 1. The van der Waals surface area contributed by atoms with Gasteiger partial charge in [0.2, 0.25) is 0 Å². The van der Waals surface area contributed by atoms with Crippen LogP contribution in [-0.2, 0) is 27.9 Å². The summed E-state index contributed by atoms with van der Waals surface area (Å²) in [5, 5.41) is 16.8. The second-order valence-electron chi connectivity index (χ2n) is 10.6. The standard InChI is InChI=1S/C27H37BrN2O4S/c1-26(2,3)19-10-8-17(9-11-19)12-20(16-34-24(32)27(4,5)6)30-25(35)29-15-18-13-23(33-7)22(31)14-21(18)28/h8-11,13-14,20,31H,12,15-16H2,1-7H3,(H2,29,30,35). The molecule has 192 valence electrons. The van der Waals surface area contributed by atoms with Gasteiger partial charge in [0.15, 0.2) is 16.6 Å². The minimum Gasteiger partial charge on any atom is -0.504 e. The number of thiocarbonyl (C=S) groups is 1. The van der Waals surface area contributed by atoms with Crippen molar-refractivity contribution < 1.29 is 19.4 Å². The summed E-state index contributed by atoms with van der Waals surface area (Å²) in [7, 11) is 1.50. The first-order chi connectivity index (χ1) is 16.2. The highest BCUT2D eigenvalue weighted by Crippen LogP contribution is 2.32. The lowest BCUT2D eigenvalue weighted by Gasteiger charge is -2.24. The van der Waals surface area contributed by atoms with E-state index in [2.05, 4.69) is 71.6 Å². The van der Waals surface area contributed by atoms with Gasteiger partial charge in [0.1, 0.15) is 6.61 Å². The van der Waals surface area contributed by atoms with E-state index in [1.165, 1.54) is 12.7 Å². The smallest absolute Gasteiger partial charge is 0.311 e. The first kappa shape index (κ1) is 28.9. The molecule has 0 saturated carbocycles. The number of ether oxygens (including phenoxy) is 2. The zero-order valence-electron chi connectivity index (χ0n) is 21.6. The zero-order chi connectivity index (χ0) is 26.4. The molecule has 0 fully saturated rings. The van der Waals surface area contributed by atoms with E-state index < -0.39 is 5.41 Å². The van der Waals surface area contributed by atoms with Gasteiger partial charge in [-0.1, -0.05) is 61.0 Å². The topological polar surface area (TPSA) is 79.8 Å². The number of phenols is 1. The van der Waals surface area contributed by atoms with E-state index in [9.17, 15) is 9.90 Å². The van der Waals surface area contributed by atoms with E-state index in [1.807, 2.05) is 20.8 Å². The fraction of sp³-hybridized carbons (Fsp3) is 0.481. The molecule has 0 saturated heterocycles. The Morgan fingerprint density at radius 1 is 1.11 bits per heavy atom. The highest BCUT2D eigenvalue weighted by molar-refractivity contribution is 9.10. The van der Waals surface area contributed by atoms with Gasteiger partial charge in [-0.3, -0.25) is 4.79 Å². The summed E-state index contributed by atoms with van der Waals surface area (Å²) in [6, 6.07) is 11.6. The fourth-order valence-electron chi connectivity index (χ4n) is 3.27. The summed E-state index contributed by atoms with van der Waals surface area (Å²) in [6.07, 6.45) is 0.639. The van der Waals surface area contributed by atoms with Gasteiger partial charge in [-0.15, -0.1) is 0 Å². The zero-order valence-corrected chi connectivity index (χ0v) is 24.0. The number of esters is 1. The molecule has 0 aliphatic heterocycles. The van der Waals surface area contributed by atoms with Crippen molar-refractivity contribution in [1.82, 2.24) is 10.6 Å². The second kappa shape index (κ2) is 12.1. The van der Waals surface area contributed by atoms with Gasteiger partial charge in [-0.2, -0.15) is 0 Å². The SMILES string of the molecule is COc1cc(CNC(=S)NC(COC(=O)C(C)(C)C)Cc2ccc(C(C)(C)C)cc2)c(Br)cc1O.